The van der Waals surface area contributed by atoms with Crippen molar-refractivity contribution in [2.75, 3.05) is 10.6 Å². The molecule has 0 radical (unpaired) electrons. The molecule has 0 fully saturated rings. The fraction of sp³-hybridized carbons (Fsp3) is 0.0952. The molecule has 13 heteroatoms. The second-order valence-corrected chi connectivity index (χ2v) is 6.88. The van der Waals surface area contributed by atoms with Crippen LogP contribution in [0.4, 0.5) is 34.6 Å². The van der Waals surface area contributed by atoms with Gasteiger partial charge in [-0.05, 0) is 42.5 Å². The molecule has 1 aromatic heterocycles. The summed E-state index contributed by atoms with van der Waals surface area (Å²) in [6, 6.07) is 8.71. The number of benzene rings is 2. The van der Waals surface area contributed by atoms with Crippen molar-refractivity contribution in [3.05, 3.63) is 98.2 Å². The van der Waals surface area contributed by atoms with Crippen molar-refractivity contribution >= 4 is 28.9 Å². The smallest absolute Gasteiger partial charge is 0.324 e. The quantitative estimate of drug-likeness (QED) is 0.317. The second-order valence-electron chi connectivity index (χ2n) is 6.88. The van der Waals surface area contributed by atoms with Gasteiger partial charge in [-0.1, -0.05) is 0 Å². The van der Waals surface area contributed by atoms with Crippen LogP contribution in [0.25, 0.3) is 0 Å². The molecule has 3 rings (SSSR count). The molecule has 0 aliphatic carbocycles. The van der Waals surface area contributed by atoms with Crippen LogP contribution >= 0.6 is 0 Å². The summed E-state index contributed by atoms with van der Waals surface area (Å²) in [5.41, 5.74) is -3.43. The maximum absolute atomic E-state index is 13.6. The van der Waals surface area contributed by atoms with Crippen LogP contribution in [0.1, 0.15) is 15.9 Å². The largest absolute Gasteiger partial charge is 0.418 e. The molecule has 9 nitrogen and oxygen atoms in total. The number of hydrogen-bond donors (Lipinski definition) is 2. The van der Waals surface area contributed by atoms with Gasteiger partial charge < -0.3 is 10.6 Å². The lowest BCUT2D eigenvalue weighted by Crippen LogP contribution is -2.27. The van der Waals surface area contributed by atoms with E-state index in [0.717, 1.165) is 54.7 Å². The van der Waals surface area contributed by atoms with Gasteiger partial charge in [-0.2, -0.15) is 13.2 Å². The fourth-order valence-corrected chi connectivity index (χ4v) is 2.86. The van der Waals surface area contributed by atoms with Crippen LogP contribution in [0.2, 0.25) is 0 Å². The number of anilines is 2. The highest BCUT2D eigenvalue weighted by Crippen LogP contribution is 2.36. The van der Waals surface area contributed by atoms with Crippen LogP contribution in [0.5, 0.6) is 0 Å². The first kappa shape index (κ1) is 24.1. The maximum atomic E-state index is 13.6. The molecule has 2 N–H and O–H groups in total. The van der Waals surface area contributed by atoms with Crippen molar-refractivity contribution in [2.45, 2.75) is 12.7 Å². The summed E-state index contributed by atoms with van der Waals surface area (Å²) in [5, 5.41) is 15.1. The van der Waals surface area contributed by atoms with Gasteiger partial charge >= 0.3 is 6.18 Å². The van der Waals surface area contributed by atoms with Crippen LogP contribution < -0.4 is 16.2 Å². The van der Waals surface area contributed by atoms with Crippen molar-refractivity contribution in [2.24, 2.45) is 0 Å². The first-order valence-corrected chi connectivity index (χ1v) is 9.37. The summed E-state index contributed by atoms with van der Waals surface area (Å²) < 4.78 is 54.4. The Morgan fingerprint density at radius 3 is 2.29 bits per heavy atom. The number of alkyl halides is 3. The highest BCUT2D eigenvalue weighted by atomic mass is 19.4. The molecule has 0 spiro atoms. The Bertz CT molecular complexity index is 1320. The lowest BCUT2D eigenvalue weighted by molar-refractivity contribution is -0.385. The molecule has 0 saturated carbocycles. The Morgan fingerprint density at radius 2 is 1.68 bits per heavy atom. The van der Waals surface area contributed by atoms with Crippen molar-refractivity contribution in [3.63, 3.8) is 0 Å². The number of carbonyl (C=O) groups excluding carboxylic acids is 2. The fourth-order valence-electron chi connectivity index (χ4n) is 2.86. The van der Waals surface area contributed by atoms with E-state index >= 15 is 0 Å². The van der Waals surface area contributed by atoms with Crippen LogP contribution in [0, 0.1) is 15.9 Å². The Morgan fingerprint density at radius 1 is 1.00 bits per heavy atom. The molecule has 34 heavy (non-hydrogen) atoms. The van der Waals surface area contributed by atoms with Crippen molar-refractivity contribution in [1.29, 1.82) is 0 Å². The van der Waals surface area contributed by atoms with Gasteiger partial charge in [0.05, 0.1) is 22.4 Å². The highest BCUT2D eigenvalue weighted by molar-refractivity contribution is 6.04. The minimum atomic E-state index is -4.93. The van der Waals surface area contributed by atoms with E-state index in [0.29, 0.717) is 10.6 Å². The van der Waals surface area contributed by atoms with E-state index in [1.165, 1.54) is 0 Å². The first-order valence-electron chi connectivity index (χ1n) is 9.37. The summed E-state index contributed by atoms with van der Waals surface area (Å²) in [4.78, 5) is 46.3. The van der Waals surface area contributed by atoms with Gasteiger partial charge in [-0.15, -0.1) is 0 Å². The number of rotatable bonds is 6. The Hall–Kier alpha value is -4.55. The number of halogens is 4. The van der Waals surface area contributed by atoms with E-state index < -0.39 is 57.8 Å². The third kappa shape index (κ3) is 5.82. The predicted molar refractivity (Wildman–Crippen MR) is 112 cm³/mol. The first-order chi connectivity index (χ1) is 15.9. The van der Waals surface area contributed by atoms with E-state index in [2.05, 4.69) is 5.32 Å². The summed E-state index contributed by atoms with van der Waals surface area (Å²) >= 11 is 0. The zero-order valence-corrected chi connectivity index (χ0v) is 16.9. The molecular formula is C21H14F4N4O5. The SMILES string of the molecule is O=C(Cn1cc([N+](=O)[O-])ccc1=O)Nc1ccc(NC(=O)c2ccc(F)cc2)cc1C(F)(F)F. The highest BCUT2D eigenvalue weighted by Gasteiger charge is 2.34. The molecule has 2 aromatic carbocycles. The molecule has 2 amide bonds. The second kappa shape index (κ2) is 9.52. The zero-order chi connectivity index (χ0) is 25.0. The lowest BCUT2D eigenvalue weighted by Gasteiger charge is -2.16. The number of nitrogens with one attached hydrogen (secondary N) is 2. The van der Waals surface area contributed by atoms with Crippen molar-refractivity contribution < 1.29 is 32.1 Å². The van der Waals surface area contributed by atoms with E-state index in [9.17, 15) is 42.1 Å². The Kier molecular flexibility index (Phi) is 6.75. The molecule has 176 valence electrons. The van der Waals surface area contributed by atoms with Crippen LogP contribution in [0.15, 0.2) is 65.6 Å². The lowest BCUT2D eigenvalue weighted by atomic mass is 10.1. The number of carbonyl (C=O) groups is 2. The van der Waals surface area contributed by atoms with Gasteiger partial charge in [0.2, 0.25) is 5.91 Å². The average molecular weight is 478 g/mol. The normalized spacial score (nSPS) is 11.1. The molecule has 3 aromatic rings. The Balaban J connectivity index is 1.82. The predicted octanol–water partition coefficient (Wildman–Crippen LogP) is 3.81. The number of nitro groups is 1. The number of amides is 2. The summed E-state index contributed by atoms with van der Waals surface area (Å²) in [5.74, 6) is -2.42. The summed E-state index contributed by atoms with van der Waals surface area (Å²) in [6.45, 7) is -0.777. The topological polar surface area (TPSA) is 123 Å². The number of hydrogen-bond acceptors (Lipinski definition) is 5. The minimum Gasteiger partial charge on any atom is -0.324 e. The third-order valence-corrected chi connectivity index (χ3v) is 4.46. The average Bonchev–Trinajstić information content (AvgIpc) is 2.75. The monoisotopic (exact) mass is 478 g/mol. The number of nitrogens with zero attached hydrogens (tertiary/aromatic N) is 2. The third-order valence-electron chi connectivity index (χ3n) is 4.46. The molecule has 0 atom stereocenters. The number of pyridine rings is 1. The van der Waals surface area contributed by atoms with E-state index in [1.807, 2.05) is 5.32 Å². The van der Waals surface area contributed by atoms with E-state index in [-0.39, 0.29) is 11.3 Å². The standard InChI is InChI=1S/C21H14F4N4O5/c22-13-3-1-12(2-4-13)20(32)26-14-5-7-17(16(9-14)21(23,24)25)27-18(30)11-28-10-15(29(33)34)6-8-19(28)31/h1-10H,11H2,(H,26,32)(H,27,30). The van der Waals surface area contributed by atoms with Gasteiger partial charge in [0.25, 0.3) is 17.2 Å². The van der Waals surface area contributed by atoms with Gasteiger partial charge in [0, 0.05) is 23.4 Å². The Labute approximate surface area is 187 Å². The van der Waals surface area contributed by atoms with Gasteiger partial charge in [-0.25, -0.2) is 4.39 Å². The molecular weight excluding hydrogens is 464 g/mol. The number of aromatic nitrogens is 1. The molecule has 0 unspecified atom stereocenters. The molecule has 0 aliphatic heterocycles. The van der Waals surface area contributed by atoms with E-state index in [4.69, 9.17) is 0 Å². The molecule has 0 aliphatic rings. The molecule has 0 bridgehead atoms. The summed E-state index contributed by atoms with van der Waals surface area (Å²) in [7, 11) is 0. The maximum Gasteiger partial charge on any atom is 0.418 e. The van der Waals surface area contributed by atoms with Crippen LogP contribution in [0.3, 0.4) is 0 Å². The molecule has 0 saturated heterocycles. The molecule has 1 heterocycles. The van der Waals surface area contributed by atoms with Gasteiger partial charge in [0.1, 0.15) is 12.4 Å². The van der Waals surface area contributed by atoms with Gasteiger partial charge in [-0.3, -0.25) is 29.1 Å². The van der Waals surface area contributed by atoms with Crippen molar-refractivity contribution in [1.82, 2.24) is 4.57 Å². The van der Waals surface area contributed by atoms with Gasteiger partial charge in [0.15, 0.2) is 0 Å². The van der Waals surface area contributed by atoms with Crippen molar-refractivity contribution in [3.8, 4) is 0 Å². The minimum absolute atomic E-state index is 0.00901. The van der Waals surface area contributed by atoms with E-state index in [1.54, 1.807) is 0 Å². The van der Waals surface area contributed by atoms with Crippen LogP contribution in [-0.4, -0.2) is 21.3 Å². The zero-order valence-electron chi connectivity index (χ0n) is 16.9. The summed E-state index contributed by atoms with van der Waals surface area (Å²) in [6.07, 6.45) is -4.14. The van der Waals surface area contributed by atoms with Crippen LogP contribution in [-0.2, 0) is 17.5 Å².